The fraction of sp³-hybridized carbons (Fsp3) is 0. The summed E-state index contributed by atoms with van der Waals surface area (Å²) in [5.41, 5.74) is 10.5. The molecular formula is C6H11Cl2N7O3. The first-order chi connectivity index (χ1) is 7.47. The molecule has 0 aliphatic heterocycles. The Morgan fingerprint density at radius 3 is 2.33 bits per heavy atom. The zero-order valence-corrected chi connectivity index (χ0v) is 10.3. The molecule has 10 nitrogen and oxygen atoms in total. The van der Waals surface area contributed by atoms with Gasteiger partial charge in [0.15, 0.2) is 22.5 Å². The Bertz CT molecular complexity index is 455. The molecule has 18 heavy (non-hydrogen) atoms. The van der Waals surface area contributed by atoms with Crippen molar-refractivity contribution in [2.45, 2.75) is 0 Å². The lowest BCUT2D eigenvalue weighted by Crippen LogP contribution is -2.23. The first-order valence-corrected chi connectivity index (χ1v) is 4.50. The summed E-state index contributed by atoms with van der Waals surface area (Å²) >= 11 is 11.1. The number of anilines is 2. The van der Waals surface area contributed by atoms with Crippen LogP contribution >= 0.6 is 23.4 Å². The number of rotatable bonds is 2. The zero-order valence-electron chi connectivity index (χ0n) is 8.76. The van der Waals surface area contributed by atoms with E-state index in [0.717, 1.165) is 6.34 Å². The fourth-order valence-corrected chi connectivity index (χ4v) is 1.07. The normalized spacial score (nSPS) is 9.44. The molecule has 0 aromatic carbocycles. The molecule has 0 saturated heterocycles. The molecule has 1 rings (SSSR count). The highest BCUT2D eigenvalue weighted by atomic mass is 35.5. The van der Waals surface area contributed by atoms with Gasteiger partial charge in [0, 0.05) is 11.8 Å². The SMILES string of the molecule is NN=CN(Cl)C(=O)c1nc(Cl)c(N)nc1N.O.O. The Kier molecular flexibility index (Phi) is 7.65. The lowest BCUT2D eigenvalue weighted by Gasteiger charge is -2.08. The molecule has 12 heteroatoms. The number of amides is 1. The van der Waals surface area contributed by atoms with Crippen LogP contribution in [0.5, 0.6) is 0 Å². The van der Waals surface area contributed by atoms with Crippen LogP contribution in [0.3, 0.4) is 0 Å². The van der Waals surface area contributed by atoms with Crippen LogP contribution in [-0.4, -0.2) is 37.6 Å². The van der Waals surface area contributed by atoms with E-state index in [1.807, 2.05) is 0 Å². The molecule has 102 valence electrons. The van der Waals surface area contributed by atoms with Crippen molar-refractivity contribution in [3.8, 4) is 0 Å². The predicted octanol–water partition coefficient (Wildman–Crippen LogP) is -1.86. The second-order valence-corrected chi connectivity index (χ2v) is 3.24. The van der Waals surface area contributed by atoms with Gasteiger partial charge in [-0.15, -0.1) is 0 Å². The first kappa shape index (κ1) is 18.5. The molecule has 0 bridgehead atoms. The van der Waals surface area contributed by atoms with E-state index < -0.39 is 5.91 Å². The van der Waals surface area contributed by atoms with E-state index in [4.69, 9.17) is 40.7 Å². The van der Waals surface area contributed by atoms with Gasteiger partial charge in [0.1, 0.15) is 6.34 Å². The minimum Gasteiger partial charge on any atom is -0.412 e. The predicted molar refractivity (Wildman–Crippen MR) is 67.8 cm³/mol. The summed E-state index contributed by atoms with van der Waals surface area (Å²) in [4.78, 5) is 18.9. The summed E-state index contributed by atoms with van der Waals surface area (Å²) < 4.78 is 0.562. The maximum absolute atomic E-state index is 11.6. The van der Waals surface area contributed by atoms with Crippen molar-refractivity contribution in [2.75, 3.05) is 11.5 Å². The number of nitrogens with two attached hydrogens (primary N) is 3. The van der Waals surface area contributed by atoms with E-state index in [1.54, 1.807) is 0 Å². The van der Waals surface area contributed by atoms with Gasteiger partial charge in [-0.25, -0.2) is 14.4 Å². The average Bonchev–Trinajstić information content (AvgIpc) is 2.23. The van der Waals surface area contributed by atoms with Crippen LogP contribution in [0, 0.1) is 0 Å². The Balaban J connectivity index is 0. The van der Waals surface area contributed by atoms with Crippen LogP contribution in [0.25, 0.3) is 0 Å². The number of carbonyl (C=O) groups excluding carboxylic acids is 1. The molecule has 1 aromatic heterocycles. The number of aromatic nitrogens is 2. The van der Waals surface area contributed by atoms with Crippen molar-refractivity contribution in [3.05, 3.63) is 10.8 Å². The van der Waals surface area contributed by atoms with Crippen molar-refractivity contribution < 1.29 is 15.7 Å². The highest BCUT2D eigenvalue weighted by molar-refractivity contribution is 6.33. The largest absolute Gasteiger partial charge is 0.412 e. The number of carbonyl (C=O) groups is 1. The topological polar surface area (TPSA) is 200 Å². The minimum atomic E-state index is -0.775. The van der Waals surface area contributed by atoms with Crippen LogP contribution in [0.4, 0.5) is 11.6 Å². The number of hydrogen-bond donors (Lipinski definition) is 3. The van der Waals surface area contributed by atoms with Crippen molar-refractivity contribution >= 4 is 47.3 Å². The van der Waals surface area contributed by atoms with E-state index in [0.29, 0.717) is 4.42 Å². The van der Waals surface area contributed by atoms with Gasteiger partial charge in [-0.3, -0.25) is 4.79 Å². The van der Waals surface area contributed by atoms with E-state index in [9.17, 15) is 4.79 Å². The molecule has 1 amide bonds. The van der Waals surface area contributed by atoms with Crippen LogP contribution < -0.4 is 17.3 Å². The summed E-state index contributed by atoms with van der Waals surface area (Å²) in [6.07, 6.45) is 0.870. The van der Waals surface area contributed by atoms with Gasteiger partial charge in [0.25, 0.3) is 5.91 Å². The van der Waals surface area contributed by atoms with E-state index in [1.165, 1.54) is 0 Å². The van der Waals surface area contributed by atoms with Crippen LogP contribution in [0.15, 0.2) is 5.10 Å². The van der Waals surface area contributed by atoms with Gasteiger partial charge in [-0.05, 0) is 0 Å². The zero-order chi connectivity index (χ0) is 12.3. The Labute approximate surface area is 111 Å². The van der Waals surface area contributed by atoms with E-state index in [2.05, 4.69) is 15.1 Å². The summed E-state index contributed by atoms with van der Waals surface area (Å²) in [6, 6.07) is 0. The lowest BCUT2D eigenvalue weighted by atomic mass is 10.4. The van der Waals surface area contributed by atoms with Crippen molar-refractivity contribution in [3.63, 3.8) is 0 Å². The molecule has 1 heterocycles. The first-order valence-electron chi connectivity index (χ1n) is 3.78. The Morgan fingerprint density at radius 2 is 1.83 bits per heavy atom. The Morgan fingerprint density at radius 1 is 1.28 bits per heavy atom. The molecule has 0 atom stereocenters. The Hall–Kier alpha value is -1.88. The van der Waals surface area contributed by atoms with E-state index in [-0.39, 0.29) is 33.4 Å². The van der Waals surface area contributed by atoms with Crippen molar-refractivity contribution in [2.24, 2.45) is 10.9 Å². The summed E-state index contributed by atoms with van der Waals surface area (Å²) in [7, 11) is 0. The summed E-state index contributed by atoms with van der Waals surface area (Å²) in [6.45, 7) is 0. The van der Waals surface area contributed by atoms with Gasteiger partial charge in [0.2, 0.25) is 0 Å². The molecule has 1 aromatic rings. The molecule has 0 unspecified atom stereocenters. The van der Waals surface area contributed by atoms with Gasteiger partial charge in [-0.2, -0.15) is 5.10 Å². The smallest absolute Gasteiger partial charge is 0.296 e. The third kappa shape index (κ3) is 3.85. The third-order valence-corrected chi connectivity index (χ3v) is 1.99. The third-order valence-electron chi connectivity index (χ3n) is 1.47. The minimum absolute atomic E-state index is 0. The average molecular weight is 300 g/mol. The quantitative estimate of drug-likeness (QED) is 0.188. The second kappa shape index (κ2) is 7.45. The van der Waals surface area contributed by atoms with E-state index >= 15 is 0 Å². The summed E-state index contributed by atoms with van der Waals surface area (Å²) in [5.74, 6) is 3.77. The second-order valence-electron chi connectivity index (χ2n) is 2.51. The van der Waals surface area contributed by atoms with Crippen LogP contribution in [0.1, 0.15) is 10.5 Å². The molecule has 0 radical (unpaired) electrons. The number of hydrogen-bond acceptors (Lipinski definition) is 7. The van der Waals surface area contributed by atoms with Crippen molar-refractivity contribution in [1.29, 1.82) is 0 Å². The fourth-order valence-electron chi connectivity index (χ4n) is 0.811. The van der Waals surface area contributed by atoms with Gasteiger partial charge < -0.3 is 28.3 Å². The van der Waals surface area contributed by atoms with Gasteiger partial charge >= 0.3 is 0 Å². The van der Waals surface area contributed by atoms with Gasteiger partial charge in [0.05, 0.1) is 0 Å². The monoisotopic (exact) mass is 299 g/mol. The van der Waals surface area contributed by atoms with Crippen molar-refractivity contribution in [1.82, 2.24) is 14.4 Å². The number of halogens is 2. The number of nitrogens with zero attached hydrogens (tertiary/aromatic N) is 4. The standard InChI is InChI=1S/C6H7Cl2N7O.2H2O/c7-3-5(10)14-4(9)2(13-3)6(16)15(8)1-12-11;;/h1H,11H2,(H4,9,10,14);2*1H2. The maximum atomic E-state index is 11.6. The highest BCUT2D eigenvalue weighted by Gasteiger charge is 2.20. The van der Waals surface area contributed by atoms with Gasteiger partial charge in [-0.1, -0.05) is 11.6 Å². The molecule has 0 aliphatic carbocycles. The maximum Gasteiger partial charge on any atom is 0.296 e. The number of nitrogen functional groups attached to an aromatic ring is 2. The molecule has 0 aliphatic rings. The molecular weight excluding hydrogens is 289 g/mol. The molecule has 0 saturated carbocycles. The molecule has 0 spiro atoms. The number of hydrazone groups is 1. The molecule has 10 N–H and O–H groups in total. The highest BCUT2D eigenvalue weighted by Crippen LogP contribution is 2.18. The van der Waals surface area contributed by atoms with Crippen LogP contribution in [0.2, 0.25) is 5.15 Å². The van der Waals surface area contributed by atoms with Crippen LogP contribution in [-0.2, 0) is 0 Å². The lowest BCUT2D eigenvalue weighted by molar-refractivity contribution is 0.0912. The summed E-state index contributed by atoms with van der Waals surface area (Å²) in [5, 5.41) is 2.91. The molecule has 0 fully saturated rings.